The van der Waals surface area contributed by atoms with Gasteiger partial charge in [-0.05, 0) is 18.2 Å². The molecule has 0 atom stereocenters. The first-order valence-electron chi connectivity index (χ1n) is 8.67. The molecule has 1 aromatic heterocycles. The summed E-state index contributed by atoms with van der Waals surface area (Å²) in [6.45, 7) is 0. The molecular formula is C20H13N5O5. The Balaban J connectivity index is 1.70. The number of phenols is 1. The fourth-order valence-corrected chi connectivity index (χ4v) is 2.92. The Kier molecular flexibility index (Phi) is 4.64. The van der Waals surface area contributed by atoms with Crippen LogP contribution in [0.15, 0.2) is 65.7 Å². The van der Waals surface area contributed by atoms with E-state index in [4.69, 9.17) is 0 Å². The highest BCUT2D eigenvalue weighted by Gasteiger charge is 2.23. The molecule has 30 heavy (non-hydrogen) atoms. The fourth-order valence-electron chi connectivity index (χ4n) is 2.92. The van der Waals surface area contributed by atoms with Gasteiger partial charge in [0.1, 0.15) is 5.82 Å². The van der Waals surface area contributed by atoms with Crippen molar-refractivity contribution in [3.05, 3.63) is 86.5 Å². The number of nitro benzene ring substituents is 2. The van der Waals surface area contributed by atoms with Gasteiger partial charge in [0.25, 0.3) is 5.69 Å². The third kappa shape index (κ3) is 3.56. The largest absolute Gasteiger partial charge is 0.502 e. The molecule has 0 radical (unpaired) electrons. The van der Waals surface area contributed by atoms with E-state index in [9.17, 15) is 25.3 Å². The van der Waals surface area contributed by atoms with Gasteiger partial charge >= 0.3 is 5.69 Å². The topological polar surface area (TPSA) is 148 Å². The Morgan fingerprint density at radius 1 is 1.00 bits per heavy atom. The van der Waals surface area contributed by atoms with Gasteiger partial charge in [0.15, 0.2) is 0 Å². The number of nitrogens with one attached hydrogen (secondary N) is 1. The fraction of sp³-hybridized carbons (Fsp3) is 0. The number of hydrogen-bond acceptors (Lipinski definition) is 7. The Labute approximate surface area is 168 Å². The number of benzene rings is 3. The van der Waals surface area contributed by atoms with Crippen molar-refractivity contribution in [2.24, 2.45) is 4.99 Å². The summed E-state index contributed by atoms with van der Waals surface area (Å²) in [5.74, 6) is 0.00187. The summed E-state index contributed by atoms with van der Waals surface area (Å²) in [7, 11) is 0. The molecule has 0 aliphatic heterocycles. The van der Waals surface area contributed by atoms with Gasteiger partial charge in [0.05, 0.1) is 32.6 Å². The van der Waals surface area contributed by atoms with Crippen molar-refractivity contribution in [3.8, 4) is 17.1 Å². The van der Waals surface area contributed by atoms with Crippen LogP contribution >= 0.6 is 0 Å². The highest BCUT2D eigenvalue weighted by molar-refractivity contribution is 5.90. The van der Waals surface area contributed by atoms with Gasteiger partial charge in [0.2, 0.25) is 5.75 Å². The summed E-state index contributed by atoms with van der Waals surface area (Å²) in [6, 6.07) is 16.4. The number of phenolic OH excluding ortho intramolecular Hbond substituents is 1. The summed E-state index contributed by atoms with van der Waals surface area (Å²) in [5.41, 5.74) is 1.43. The molecule has 0 fully saturated rings. The second-order valence-electron chi connectivity index (χ2n) is 6.33. The highest BCUT2D eigenvalue weighted by atomic mass is 16.6. The van der Waals surface area contributed by atoms with E-state index in [-0.39, 0.29) is 5.56 Å². The van der Waals surface area contributed by atoms with Crippen molar-refractivity contribution in [1.29, 1.82) is 0 Å². The quantitative estimate of drug-likeness (QED) is 0.285. The Bertz CT molecular complexity index is 1310. The van der Waals surface area contributed by atoms with Crippen LogP contribution in [0.25, 0.3) is 22.4 Å². The highest BCUT2D eigenvalue weighted by Crippen LogP contribution is 2.34. The van der Waals surface area contributed by atoms with Crippen LogP contribution in [0.2, 0.25) is 0 Å². The van der Waals surface area contributed by atoms with Gasteiger partial charge in [-0.2, -0.15) is 0 Å². The smallest absolute Gasteiger partial charge is 0.318 e. The lowest BCUT2D eigenvalue weighted by Crippen LogP contribution is -1.96. The average molecular weight is 403 g/mol. The van der Waals surface area contributed by atoms with Crippen LogP contribution in [0.5, 0.6) is 5.75 Å². The molecule has 0 bridgehead atoms. The van der Waals surface area contributed by atoms with Gasteiger partial charge in [-0.3, -0.25) is 25.2 Å². The zero-order chi connectivity index (χ0) is 21.3. The van der Waals surface area contributed by atoms with Crippen LogP contribution in [0.1, 0.15) is 5.56 Å². The molecule has 0 spiro atoms. The number of nitrogens with zero attached hydrogens (tertiary/aromatic N) is 4. The molecule has 4 aromatic rings. The zero-order valence-electron chi connectivity index (χ0n) is 15.2. The maximum Gasteiger partial charge on any atom is 0.318 e. The van der Waals surface area contributed by atoms with E-state index >= 15 is 0 Å². The minimum Gasteiger partial charge on any atom is -0.502 e. The van der Waals surface area contributed by atoms with Crippen molar-refractivity contribution in [2.45, 2.75) is 0 Å². The number of hydrogen-bond donors (Lipinski definition) is 2. The van der Waals surface area contributed by atoms with Gasteiger partial charge in [-0.1, -0.05) is 30.3 Å². The number of non-ortho nitro benzene ring substituents is 1. The second-order valence-corrected chi connectivity index (χ2v) is 6.33. The number of imidazole rings is 1. The van der Waals surface area contributed by atoms with Crippen molar-refractivity contribution >= 4 is 34.3 Å². The summed E-state index contributed by atoms with van der Waals surface area (Å²) in [4.78, 5) is 32.3. The summed E-state index contributed by atoms with van der Waals surface area (Å²) < 4.78 is 0. The number of aromatic amines is 1. The number of aromatic hydroxyl groups is 1. The molecule has 0 amide bonds. The molecule has 0 saturated heterocycles. The van der Waals surface area contributed by atoms with Gasteiger partial charge in [-0.15, -0.1) is 0 Å². The summed E-state index contributed by atoms with van der Waals surface area (Å²) >= 11 is 0. The van der Waals surface area contributed by atoms with Crippen molar-refractivity contribution in [3.63, 3.8) is 0 Å². The lowest BCUT2D eigenvalue weighted by atomic mass is 10.1. The van der Waals surface area contributed by atoms with E-state index in [1.165, 1.54) is 0 Å². The first-order valence-corrected chi connectivity index (χ1v) is 8.67. The molecule has 10 nitrogen and oxygen atoms in total. The number of H-pyrrole nitrogens is 1. The molecule has 0 unspecified atom stereocenters. The number of aromatic nitrogens is 2. The average Bonchev–Trinajstić information content (AvgIpc) is 3.16. The van der Waals surface area contributed by atoms with Crippen molar-refractivity contribution in [1.82, 2.24) is 9.97 Å². The molecule has 0 saturated carbocycles. The predicted molar refractivity (Wildman–Crippen MR) is 110 cm³/mol. The zero-order valence-corrected chi connectivity index (χ0v) is 15.2. The van der Waals surface area contributed by atoms with Crippen LogP contribution < -0.4 is 0 Å². The lowest BCUT2D eigenvalue weighted by molar-refractivity contribution is -0.394. The molecule has 1 heterocycles. The summed E-state index contributed by atoms with van der Waals surface area (Å²) in [5, 5.41) is 32.2. The SMILES string of the molecule is O=[N+]([O-])c1cc(C=Nc2ccc3nc(-c4ccccc4)[nH]c3c2)c(O)c([N+](=O)[O-])c1. The minimum atomic E-state index is -0.887. The molecule has 2 N–H and O–H groups in total. The molecule has 0 aliphatic rings. The maximum atomic E-state index is 11.1. The Morgan fingerprint density at radius 2 is 1.77 bits per heavy atom. The predicted octanol–water partition coefficient (Wildman–Crippen LogP) is 4.50. The number of fused-ring (bicyclic) bond motifs is 1. The first kappa shape index (κ1) is 18.7. The van der Waals surface area contributed by atoms with Gasteiger partial charge in [0, 0.05) is 23.4 Å². The lowest BCUT2D eigenvalue weighted by Gasteiger charge is -2.01. The molecular weight excluding hydrogens is 390 g/mol. The standard InChI is InChI=1S/C20H13N5O5/c26-19-13(8-15(24(27)28)10-18(19)25(29)30)11-21-14-6-7-16-17(9-14)23-20(22-16)12-4-2-1-3-5-12/h1-11,26H,(H,22,23). The van der Waals surface area contributed by atoms with E-state index < -0.39 is 27.0 Å². The van der Waals surface area contributed by atoms with Crippen LogP contribution in [0.4, 0.5) is 17.1 Å². The minimum absolute atomic E-state index is 0.134. The van der Waals surface area contributed by atoms with E-state index in [1.807, 2.05) is 30.3 Å². The molecule has 4 rings (SSSR count). The molecule has 10 heteroatoms. The van der Waals surface area contributed by atoms with E-state index in [0.717, 1.165) is 28.9 Å². The van der Waals surface area contributed by atoms with E-state index in [1.54, 1.807) is 18.2 Å². The molecule has 148 valence electrons. The Hall–Kier alpha value is -4.60. The maximum absolute atomic E-state index is 11.1. The third-order valence-corrected chi connectivity index (χ3v) is 4.38. The second kappa shape index (κ2) is 7.43. The number of nitro groups is 2. The van der Waals surface area contributed by atoms with Crippen molar-refractivity contribution in [2.75, 3.05) is 0 Å². The van der Waals surface area contributed by atoms with Crippen molar-refractivity contribution < 1.29 is 15.0 Å². The number of rotatable bonds is 5. The van der Waals surface area contributed by atoms with Crippen LogP contribution in [0, 0.1) is 20.2 Å². The molecule has 0 aliphatic carbocycles. The van der Waals surface area contributed by atoms with Gasteiger partial charge < -0.3 is 10.1 Å². The monoisotopic (exact) mass is 403 g/mol. The first-order chi connectivity index (χ1) is 14.4. The number of aliphatic imine (C=N–C) groups is 1. The normalized spacial score (nSPS) is 11.2. The van der Waals surface area contributed by atoms with Crippen LogP contribution in [-0.4, -0.2) is 31.1 Å². The van der Waals surface area contributed by atoms with Crippen LogP contribution in [-0.2, 0) is 0 Å². The van der Waals surface area contributed by atoms with Crippen LogP contribution in [0.3, 0.4) is 0 Å². The Morgan fingerprint density at radius 3 is 2.47 bits per heavy atom. The molecule has 3 aromatic carbocycles. The van der Waals surface area contributed by atoms with E-state index in [2.05, 4.69) is 15.0 Å². The van der Waals surface area contributed by atoms with Gasteiger partial charge in [-0.25, -0.2) is 4.98 Å². The summed E-state index contributed by atoms with van der Waals surface area (Å²) in [6.07, 6.45) is 1.14. The van der Waals surface area contributed by atoms with E-state index in [0.29, 0.717) is 17.6 Å². The third-order valence-electron chi connectivity index (χ3n) is 4.38.